The molecule has 0 fully saturated rings. The first-order valence-electron chi connectivity index (χ1n) is 6.38. The highest BCUT2D eigenvalue weighted by Crippen LogP contribution is 2.27. The third-order valence-electron chi connectivity index (χ3n) is 3.16. The van der Waals surface area contributed by atoms with Crippen LogP contribution < -0.4 is 10.7 Å². The van der Waals surface area contributed by atoms with E-state index in [0.29, 0.717) is 5.82 Å². The van der Waals surface area contributed by atoms with Crippen molar-refractivity contribution in [3.63, 3.8) is 0 Å². The van der Waals surface area contributed by atoms with Crippen molar-refractivity contribution in [3.8, 4) is 0 Å². The Morgan fingerprint density at radius 1 is 1.33 bits per heavy atom. The fraction of sp³-hybridized carbons (Fsp3) is 0.133. The van der Waals surface area contributed by atoms with Crippen LogP contribution in [0.25, 0.3) is 10.1 Å². The molecule has 1 amide bonds. The van der Waals surface area contributed by atoms with Crippen LogP contribution in [-0.2, 0) is 7.05 Å². The molecule has 0 aliphatic heterocycles. The predicted octanol–water partition coefficient (Wildman–Crippen LogP) is 2.56. The summed E-state index contributed by atoms with van der Waals surface area (Å²) in [5.41, 5.74) is 0.893. The maximum Gasteiger partial charge on any atom is 0.262 e. The van der Waals surface area contributed by atoms with Crippen LogP contribution in [0, 0.1) is 6.92 Å². The minimum absolute atomic E-state index is 0.105. The van der Waals surface area contributed by atoms with E-state index in [0.717, 1.165) is 15.6 Å². The number of benzene rings is 1. The number of carbonyl (C=O) groups excluding carboxylic acids is 1. The van der Waals surface area contributed by atoms with E-state index in [1.807, 2.05) is 25.1 Å². The van der Waals surface area contributed by atoms with Gasteiger partial charge in [-0.25, -0.2) is 0 Å². The Kier molecular flexibility index (Phi) is 3.31. The Morgan fingerprint density at radius 2 is 2.14 bits per heavy atom. The lowest BCUT2D eigenvalue weighted by molar-refractivity contribution is 0.102. The minimum Gasteiger partial charge on any atom is -0.356 e. The van der Waals surface area contributed by atoms with Gasteiger partial charge in [0.1, 0.15) is 5.56 Å². The molecule has 21 heavy (non-hydrogen) atoms. The highest BCUT2D eigenvalue weighted by molar-refractivity contribution is 7.13. The lowest BCUT2D eigenvalue weighted by Crippen LogP contribution is -2.22. The van der Waals surface area contributed by atoms with Gasteiger partial charge in [-0.3, -0.25) is 9.59 Å². The number of carbonyl (C=O) groups is 1. The number of rotatable bonds is 2. The molecule has 0 radical (unpaired) electrons. The Hall–Kier alpha value is -2.47. The van der Waals surface area contributed by atoms with Gasteiger partial charge >= 0.3 is 0 Å². The average Bonchev–Trinajstić information content (AvgIpc) is 2.84. The summed E-state index contributed by atoms with van der Waals surface area (Å²) in [5, 5.41) is 3.61. The van der Waals surface area contributed by atoms with Crippen LogP contribution in [0.15, 0.2) is 41.5 Å². The van der Waals surface area contributed by atoms with E-state index < -0.39 is 5.91 Å². The van der Waals surface area contributed by atoms with Crippen molar-refractivity contribution >= 4 is 33.3 Å². The summed E-state index contributed by atoms with van der Waals surface area (Å²) in [7, 11) is 1.76. The number of fused-ring (bicyclic) bond motifs is 1. The molecule has 0 unspecified atom stereocenters. The summed E-state index contributed by atoms with van der Waals surface area (Å²) in [6, 6.07) is 7.31. The monoisotopic (exact) mass is 299 g/mol. The van der Waals surface area contributed by atoms with Crippen molar-refractivity contribution in [3.05, 3.63) is 58.0 Å². The van der Waals surface area contributed by atoms with E-state index in [4.69, 9.17) is 0 Å². The second kappa shape index (κ2) is 5.14. The largest absolute Gasteiger partial charge is 0.356 e. The smallest absolute Gasteiger partial charge is 0.262 e. The maximum absolute atomic E-state index is 12.3. The van der Waals surface area contributed by atoms with Crippen LogP contribution in [0.3, 0.4) is 0 Å². The van der Waals surface area contributed by atoms with E-state index >= 15 is 0 Å². The molecule has 1 aromatic carbocycles. The van der Waals surface area contributed by atoms with Gasteiger partial charge in [0.05, 0.1) is 4.70 Å². The van der Waals surface area contributed by atoms with E-state index in [2.05, 4.69) is 9.69 Å². The third-order valence-corrected chi connectivity index (χ3v) is 3.99. The number of nitrogens with zero attached hydrogens (tertiary/aromatic N) is 2. The molecule has 0 bridgehead atoms. The first kappa shape index (κ1) is 13.5. The highest BCUT2D eigenvalue weighted by Gasteiger charge is 2.14. The van der Waals surface area contributed by atoms with Gasteiger partial charge in [-0.2, -0.15) is 4.37 Å². The fourth-order valence-corrected chi connectivity index (χ4v) is 2.79. The Bertz CT molecular complexity index is 895. The van der Waals surface area contributed by atoms with Crippen molar-refractivity contribution in [1.29, 1.82) is 0 Å². The molecule has 1 N–H and O–H groups in total. The van der Waals surface area contributed by atoms with Crippen LogP contribution in [0.1, 0.15) is 15.9 Å². The summed E-state index contributed by atoms with van der Waals surface area (Å²) in [4.78, 5) is 24.0. The first-order chi connectivity index (χ1) is 10.0. The van der Waals surface area contributed by atoms with Gasteiger partial charge in [0.15, 0.2) is 11.2 Å². The molecule has 0 aliphatic rings. The van der Waals surface area contributed by atoms with E-state index in [9.17, 15) is 9.59 Å². The standard InChI is InChI=1S/C15H13N3O2S/c1-9-3-4-13-10(7-9)14(17-21-13)16-15(20)11-8-18(2)6-5-12(11)19/h3-8H,1-2H3,(H,16,17,20). The van der Waals surface area contributed by atoms with Crippen LogP contribution in [0.4, 0.5) is 5.82 Å². The maximum atomic E-state index is 12.3. The fourth-order valence-electron chi connectivity index (χ4n) is 2.07. The van der Waals surface area contributed by atoms with Gasteiger partial charge in [0.25, 0.3) is 5.91 Å². The third kappa shape index (κ3) is 2.57. The first-order valence-corrected chi connectivity index (χ1v) is 7.15. The van der Waals surface area contributed by atoms with E-state index in [-0.39, 0.29) is 11.0 Å². The average molecular weight is 299 g/mol. The summed E-state index contributed by atoms with van der Waals surface area (Å²) in [6.45, 7) is 1.98. The SMILES string of the molecule is Cc1ccc2snc(NC(=O)c3cn(C)ccc3=O)c2c1. The number of anilines is 1. The zero-order chi connectivity index (χ0) is 15.0. The van der Waals surface area contributed by atoms with E-state index in [1.165, 1.54) is 23.8 Å². The number of aromatic nitrogens is 2. The van der Waals surface area contributed by atoms with Gasteiger partial charge in [-0.05, 0) is 30.6 Å². The number of aryl methyl sites for hydroxylation is 2. The zero-order valence-corrected chi connectivity index (χ0v) is 12.4. The molecule has 2 aromatic heterocycles. The van der Waals surface area contributed by atoms with Crippen LogP contribution in [0.5, 0.6) is 0 Å². The molecule has 0 saturated heterocycles. The number of amides is 1. The molecule has 2 heterocycles. The summed E-state index contributed by atoms with van der Waals surface area (Å²) in [6.07, 6.45) is 3.12. The van der Waals surface area contributed by atoms with Gasteiger partial charge in [-0.15, -0.1) is 0 Å². The molecule has 0 saturated carbocycles. The topological polar surface area (TPSA) is 64.0 Å². The summed E-state index contributed by atoms with van der Waals surface area (Å²) < 4.78 is 6.92. The lowest BCUT2D eigenvalue weighted by atomic mass is 10.2. The van der Waals surface area contributed by atoms with Crippen LogP contribution in [-0.4, -0.2) is 14.8 Å². The molecule has 6 heteroatoms. The van der Waals surface area contributed by atoms with Crippen molar-refractivity contribution in [2.75, 3.05) is 5.32 Å². The lowest BCUT2D eigenvalue weighted by Gasteiger charge is -2.04. The second-order valence-corrected chi connectivity index (χ2v) is 5.68. The Labute approximate surface area is 125 Å². The number of hydrogen-bond donors (Lipinski definition) is 1. The van der Waals surface area contributed by atoms with Gasteiger partial charge in [-0.1, -0.05) is 11.6 Å². The van der Waals surface area contributed by atoms with Gasteiger partial charge < -0.3 is 9.88 Å². The summed E-state index contributed by atoms with van der Waals surface area (Å²) in [5.74, 6) is 0.0551. The molecule has 0 aliphatic carbocycles. The molecule has 5 nitrogen and oxygen atoms in total. The van der Waals surface area contributed by atoms with E-state index in [1.54, 1.807) is 17.8 Å². The van der Waals surface area contributed by atoms with Crippen molar-refractivity contribution in [1.82, 2.24) is 8.94 Å². The minimum atomic E-state index is -0.440. The normalized spacial score (nSPS) is 10.8. The molecule has 3 aromatic rings. The molecule has 106 valence electrons. The van der Waals surface area contributed by atoms with Gasteiger partial charge in [0.2, 0.25) is 0 Å². The van der Waals surface area contributed by atoms with Crippen molar-refractivity contribution < 1.29 is 4.79 Å². The molecule has 3 rings (SSSR count). The van der Waals surface area contributed by atoms with Crippen molar-refractivity contribution in [2.24, 2.45) is 7.05 Å². The molecule has 0 spiro atoms. The number of hydrogen-bond acceptors (Lipinski definition) is 4. The molecule has 0 atom stereocenters. The molecular formula is C15H13N3O2S. The van der Waals surface area contributed by atoms with Crippen molar-refractivity contribution in [2.45, 2.75) is 6.92 Å². The van der Waals surface area contributed by atoms with Crippen LogP contribution >= 0.6 is 11.5 Å². The number of nitrogens with one attached hydrogen (secondary N) is 1. The van der Waals surface area contributed by atoms with Crippen LogP contribution in [0.2, 0.25) is 0 Å². The summed E-state index contributed by atoms with van der Waals surface area (Å²) >= 11 is 1.32. The second-order valence-electron chi connectivity index (χ2n) is 4.87. The highest BCUT2D eigenvalue weighted by atomic mass is 32.1. The Balaban J connectivity index is 1.98. The number of pyridine rings is 1. The van der Waals surface area contributed by atoms with Gasteiger partial charge in [0, 0.05) is 30.9 Å². The Morgan fingerprint density at radius 3 is 2.95 bits per heavy atom. The quantitative estimate of drug-likeness (QED) is 0.791. The predicted molar refractivity (Wildman–Crippen MR) is 84.0 cm³/mol. The molecular weight excluding hydrogens is 286 g/mol. The zero-order valence-electron chi connectivity index (χ0n) is 11.6.